The van der Waals surface area contributed by atoms with E-state index in [1.54, 1.807) is 11.9 Å². The second-order valence-electron chi connectivity index (χ2n) is 5.48. The Balaban J connectivity index is 2.30. The molecule has 0 aliphatic rings. The highest BCUT2D eigenvalue weighted by molar-refractivity contribution is 9.10. The fraction of sp³-hybridized carbons (Fsp3) is 0.412. The molecule has 0 atom stereocenters. The Bertz CT molecular complexity index is 710. The van der Waals surface area contributed by atoms with E-state index in [9.17, 15) is 13.2 Å². The largest absolute Gasteiger partial charge is 0.477 e. The van der Waals surface area contributed by atoms with Gasteiger partial charge >= 0.3 is 6.18 Å². The van der Waals surface area contributed by atoms with Crippen LogP contribution in [0.25, 0.3) is 0 Å². The van der Waals surface area contributed by atoms with Crippen molar-refractivity contribution in [3.63, 3.8) is 0 Å². The maximum Gasteiger partial charge on any atom is 0.423 e. The van der Waals surface area contributed by atoms with Crippen LogP contribution in [-0.4, -0.2) is 23.6 Å². The summed E-state index contributed by atoms with van der Waals surface area (Å²) >= 11 is 3.36. The van der Waals surface area contributed by atoms with Gasteiger partial charge in [0.15, 0.2) is 0 Å². The molecule has 0 saturated carbocycles. The Morgan fingerprint density at radius 3 is 2.64 bits per heavy atom. The Morgan fingerprint density at radius 1 is 1.24 bits per heavy atom. The van der Waals surface area contributed by atoms with Crippen molar-refractivity contribution in [2.24, 2.45) is 0 Å². The monoisotopic (exact) mass is 417 g/mol. The second kappa shape index (κ2) is 8.51. The molecular weight excluding hydrogens is 399 g/mol. The minimum absolute atomic E-state index is 0.136. The van der Waals surface area contributed by atoms with Gasteiger partial charge in [-0.2, -0.15) is 18.2 Å². The number of halogens is 4. The van der Waals surface area contributed by atoms with Crippen molar-refractivity contribution < 1.29 is 17.9 Å². The molecular formula is C17H19BrF3N3O. The average molecular weight is 418 g/mol. The Hall–Kier alpha value is -1.83. The summed E-state index contributed by atoms with van der Waals surface area (Å²) in [4.78, 5) is 9.46. The van der Waals surface area contributed by atoms with Crippen LogP contribution in [0.3, 0.4) is 0 Å². The molecule has 0 aliphatic carbocycles. The lowest BCUT2D eigenvalue weighted by Gasteiger charge is -2.20. The second-order valence-corrected chi connectivity index (χ2v) is 6.40. The summed E-state index contributed by atoms with van der Waals surface area (Å²) in [7, 11) is 1.69. The van der Waals surface area contributed by atoms with Gasteiger partial charge in [0.25, 0.3) is 0 Å². The van der Waals surface area contributed by atoms with Crippen molar-refractivity contribution in [3.05, 3.63) is 40.5 Å². The standard InChI is InChI=1S/C17H19BrF3N3O/c1-3-4-5-9-25-15-14(17(19,20)21)11-22-16(23-15)24(2)13-8-6-7-12(18)10-13/h6-8,10-11H,3-5,9H2,1-2H3. The highest BCUT2D eigenvalue weighted by Gasteiger charge is 2.36. The topological polar surface area (TPSA) is 38.2 Å². The third-order valence-corrected chi connectivity index (χ3v) is 4.02. The molecule has 1 aromatic carbocycles. The molecule has 0 N–H and O–H groups in total. The van der Waals surface area contributed by atoms with E-state index in [1.165, 1.54) is 0 Å². The zero-order valence-corrected chi connectivity index (χ0v) is 15.6. The molecule has 1 aromatic heterocycles. The van der Waals surface area contributed by atoms with Crippen LogP contribution in [0.5, 0.6) is 5.88 Å². The zero-order chi connectivity index (χ0) is 18.4. The lowest BCUT2D eigenvalue weighted by molar-refractivity contribution is -0.139. The lowest BCUT2D eigenvalue weighted by Crippen LogP contribution is -2.17. The molecule has 0 radical (unpaired) electrons. The van der Waals surface area contributed by atoms with Crippen molar-refractivity contribution in [1.29, 1.82) is 0 Å². The van der Waals surface area contributed by atoms with Crippen molar-refractivity contribution in [3.8, 4) is 5.88 Å². The molecule has 8 heteroatoms. The first kappa shape index (κ1) is 19.5. The number of alkyl halides is 3. The highest BCUT2D eigenvalue weighted by Crippen LogP contribution is 2.36. The predicted molar refractivity (Wildman–Crippen MR) is 94.3 cm³/mol. The van der Waals surface area contributed by atoms with Crippen LogP contribution < -0.4 is 9.64 Å². The fourth-order valence-electron chi connectivity index (χ4n) is 2.14. The van der Waals surface area contributed by atoms with Crippen molar-refractivity contribution in [2.75, 3.05) is 18.6 Å². The summed E-state index contributed by atoms with van der Waals surface area (Å²) in [6.07, 6.45) is -1.28. The molecule has 0 aliphatic heterocycles. The first-order valence-electron chi connectivity index (χ1n) is 7.89. The van der Waals surface area contributed by atoms with Gasteiger partial charge in [0.1, 0.15) is 5.56 Å². The van der Waals surface area contributed by atoms with E-state index in [0.717, 1.165) is 29.2 Å². The smallest absolute Gasteiger partial charge is 0.423 e. The van der Waals surface area contributed by atoms with Gasteiger partial charge in [-0.15, -0.1) is 0 Å². The first-order valence-corrected chi connectivity index (χ1v) is 8.68. The van der Waals surface area contributed by atoms with Crippen molar-refractivity contribution in [1.82, 2.24) is 9.97 Å². The molecule has 4 nitrogen and oxygen atoms in total. The molecule has 0 amide bonds. The summed E-state index contributed by atoms with van der Waals surface area (Å²) < 4.78 is 45.6. The maximum absolute atomic E-state index is 13.2. The normalized spacial score (nSPS) is 11.4. The van der Waals surface area contributed by atoms with E-state index < -0.39 is 17.6 Å². The van der Waals surface area contributed by atoms with Gasteiger partial charge in [-0.05, 0) is 24.6 Å². The van der Waals surface area contributed by atoms with Crippen molar-refractivity contribution in [2.45, 2.75) is 32.4 Å². The molecule has 2 rings (SSSR count). The molecule has 2 aromatic rings. The fourth-order valence-corrected chi connectivity index (χ4v) is 2.53. The quantitative estimate of drug-likeness (QED) is 0.549. The summed E-state index contributed by atoms with van der Waals surface area (Å²) in [6, 6.07) is 7.31. The summed E-state index contributed by atoms with van der Waals surface area (Å²) in [5, 5.41) is 0. The summed E-state index contributed by atoms with van der Waals surface area (Å²) in [6.45, 7) is 2.20. The van der Waals surface area contributed by atoms with Crippen LogP contribution in [0.2, 0.25) is 0 Å². The predicted octanol–water partition coefficient (Wildman–Crippen LogP) is 5.59. The number of benzene rings is 1. The zero-order valence-electron chi connectivity index (χ0n) is 14.0. The molecule has 1 heterocycles. The molecule has 0 fully saturated rings. The number of hydrogen-bond donors (Lipinski definition) is 0. The lowest BCUT2D eigenvalue weighted by atomic mass is 10.2. The van der Waals surface area contributed by atoms with E-state index in [2.05, 4.69) is 25.9 Å². The first-order chi connectivity index (χ1) is 11.8. The van der Waals surface area contributed by atoms with E-state index in [0.29, 0.717) is 6.42 Å². The van der Waals surface area contributed by atoms with Crippen LogP contribution in [0, 0.1) is 0 Å². The number of aromatic nitrogens is 2. The minimum atomic E-state index is -4.56. The number of rotatable bonds is 7. The van der Waals surface area contributed by atoms with Gasteiger partial charge < -0.3 is 9.64 Å². The van der Waals surface area contributed by atoms with Crippen LogP contribution >= 0.6 is 15.9 Å². The number of unbranched alkanes of at least 4 members (excludes halogenated alkanes) is 2. The molecule has 0 spiro atoms. The SMILES string of the molecule is CCCCCOc1nc(N(C)c2cccc(Br)c2)ncc1C(F)(F)F. The Labute approximate surface area is 153 Å². The number of anilines is 2. The van der Waals surface area contributed by atoms with Gasteiger partial charge in [-0.1, -0.05) is 41.8 Å². The third kappa shape index (κ3) is 5.32. The van der Waals surface area contributed by atoms with Gasteiger partial charge in [-0.3, -0.25) is 0 Å². The number of nitrogens with zero attached hydrogens (tertiary/aromatic N) is 3. The third-order valence-electron chi connectivity index (χ3n) is 3.53. The molecule has 136 valence electrons. The van der Waals surface area contributed by atoms with E-state index in [-0.39, 0.29) is 12.6 Å². The van der Waals surface area contributed by atoms with Gasteiger partial charge in [-0.25, -0.2) is 4.98 Å². The van der Waals surface area contributed by atoms with Crippen LogP contribution in [0.4, 0.5) is 24.8 Å². The van der Waals surface area contributed by atoms with Gasteiger partial charge in [0.05, 0.1) is 6.61 Å². The Kier molecular flexibility index (Phi) is 6.64. The van der Waals surface area contributed by atoms with Gasteiger partial charge in [0, 0.05) is 23.4 Å². The van der Waals surface area contributed by atoms with E-state index in [1.807, 2.05) is 31.2 Å². The van der Waals surface area contributed by atoms with Crippen LogP contribution in [0.1, 0.15) is 31.7 Å². The number of ether oxygens (including phenoxy) is 1. The summed E-state index contributed by atoms with van der Waals surface area (Å²) in [5.41, 5.74) is -0.221. The average Bonchev–Trinajstić information content (AvgIpc) is 2.57. The minimum Gasteiger partial charge on any atom is -0.477 e. The van der Waals surface area contributed by atoms with Crippen molar-refractivity contribution >= 4 is 27.6 Å². The molecule has 0 bridgehead atoms. The Morgan fingerprint density at radius 2 is 2.00 bits per heavy atom. The van der Waals surface area contributed by atoms with Crippen LogP contribution in [0.15, 0.2) is 34.9 Å². The molecule has 0 saturated heterocycles. The van der Waals surface area contributed by atoms with Crippen LogP contribution in [-0.2, 0) is 6.18 Å². The van der Waals surface area contributed by atoms with Gasteiger partial charge in [0.2, 0.25) is 11.8 Å². The van der Waals surface area contributed by atoms with E-state index >= 15 is 0 Å². The maximum atomic E-state index is 13.2. The molecule has 25 heavy (non-hydrogen) atoms. The molecule has 0 unspecified atom stereocenters. The summed E-state index contributed by atoms with van der Waals surface area (Å²) in [5.74, 6) is -0.299. The highest BCUT2D eigenvalue weighted by atomic mass is 79.9. The van der Waals surface area contributed by atoms with E-state index in [4.69, 9.17) is 4.74 Å². The number of hydrogen-bond acceptors (Lipinski definition) is 4.